The van der Waals surface area contributed by atoms with E-state index in [-0.39, 0.29) is 11.9 Å². The van der Waals surface area contributed by atoms with Crippen molar-refractivity contribution in [1.82, 2.24) is 5.01 Å². The van der Waals surface area contributed by atoms with E-state index in [0.717, 1.165) is 22.6 Å². The van der Waals surface area contributed by atoms with Gasteiger partial charge in [0.15, 0.2) is 5.76 Å². The number of thiophene rings is 2. The molecule has 4 nitrogen and oxygen atoms in total. The van der Waals surface area contributed by atoms with Crippen LogP contribution in [0.4, 0.5) is 0 Å². The number of furan rings is 1. The lowest BCUT2D eigenvalue weighted by Gasteiger charge is -2.19. The number of carbonyl (C=O) groups is 1. The van der Waals surface area contributed by atoms with Crippen LogP contribution in [0.5, 0.6) is 0 Å². The maximum Gasteiger partial charge on any atom is 0.310 e. The molecule has 1 aliphatic rings. The second-order valence-electron chi connectivity index (χ2n) is 4.92. The summed E-state index contributed by atoms with van der Waals surface area (Å²) in [6.07, 6.45) is 2.23. The Balaban J connectivity index is 1.71. The van der Waals surface area contributed by atoms with Gasteiger partial charge < -0.3 is 4.42 Å². The molecule has 0 radical (unpaired) electrons. The molecular formula is C16H12N2O2S2. The Labute approximate surface area is 135 Å². The van der Waals surface area contributed by atoms with E-state index in [1.165, 1.54) is 6.26 Å². The first-order valence-electron chi connectivity index (χ1n) is 6.83. The van der Waals surface area contributed by atoms with Gasteiger partial charge in [0.2, 0.25) is 0 Å². The van der Waals surface area contributed by atoms with Crippen molar-refractivity contribution in [3.63, 3.8) is 0 Å². The summed E-state index contributed by atoms with van der Waals surface area (Å²) < 4.78 is 5.24. The van der Waals surface area contributed by atoms with Gasteiger partial charge in [-0.05, 0) is 40.4 Å². The van der Waals surface area contributed by atoms with Crippen molar-refractivity contribution in [2.75, 3.05) is 0 Å². The van der Waals surface area contributed by atoms with Gasteiger partial charge in [0, 0.05) is 16.9 Å². The molecule has 0 saturated heterocycles. The Bertz CT molecular complexity index is 789. The summed E-state index contributed by atoms with van der Waals surface area (Å²) in [4.78, 5) is 13.8. The topological polar surface area (TPSA) is 45.8 Å². The van der Waals surface area contributed by atoms with Gasteiger partial charge in [0.25, 0.3) is 0 Å². The van der Waals surface area contributed by atoms with E-state index < -0.39 is 0 Å². The fraction of sp³-hybridized carbons (Fsp3) is 0.125. The molecule has 0 saturated carbocycles. The molecular weight excluding hydrogens is 316 g/mol. The highest BCUT2D eigenvalue weighted by molar-refractivity contribution is 7.10. The summed E-state index contributed by atoms with van der Waals surface area (Å²) in [5.41, 5.74) is 2.03. The summed E-state index contributed by atoms with van der Waals surface area (Å²) in [6.45, 7) is 0. The van der Waals surface area contributed by atoms with E-state index in [1.807, 2.05) is 29.0 Å². The zero-order valence-electron chi connectivity index (χ0n) is 11.5. The molecule has 6 heteroatoms. The van der Waals surface area contributed by atoms with Crippen LogP contribution in [0.1, 0.15) is 33.5 Å². The quantitative estimate of drug-likeness (QED) is 0.715. The molecule has 0 N–H and O–H groups in total. The number of rotatable bonds is 3. The first-order chi connectivity index (χ1) is 10.8. The lowest BCUT2D eigenvalue weighted by Crippen LogP contribution is -2.26. The van der Waals surface area contributed by atoms with Crippen molar-refractivity contribution in [3.8, 4) is 0 Å². The predicted molar refractivity (Wildman–Crippen MR) is 87.4 cm³/mol. The van der Waals surface area contributed by atoms with Crippen LogP contribution >= 0.6 is 22.7 Å². The average Bonchev–Trinajstić information content (AvgIpc) is 3.35. The van der Waals surface area contributed by atoms with Gasteiger partial charge in [-0.2, -0.15) is 16.4 Å². The van der Waals surface area contributed by atoms with Crippen molar-refractivity contribution < 1.29 is 9.21 Å². The molecule has 4 rings (SSSR count). The molecule has 110 valence electrons. The zero-order chi connectivity index (χ0) is 14.9. The highest BCUT2D eigenvalue weighted by Crippen LogP contribution is 2.36. The third-order valence-electron chi connectivity index (χ3n) is 3.58. The van der Waals surface area contributed by atoms with Crippen LogP contribution in [-0.4, -0.2) is 16.6 Å². The first-order valence-corrected chi connectivity index (χ1v) is 8.65. The van der Waals surface area contributed by atoms with Crippen LogP contribution in [0.25, 0.3) is 0 Å². The third kappa shape index (κ3) is 2.30. The molecule has 1 amide bonds. The van der Waals surface area contributed by atoms with Crippen LogP contribution < -0.4 is 0 Å². The lowest BCUT2D eigenvalue weighted by molar-refractivity contribution is 0.0681. The van der Waals surface area contributed by atoms with Gasteiger partial charge in [0.1, 0.15) is 0 Å². The Morgan fingerprint density at radius 1 is 1.27 bits per heavy atom. The number of carbonyl (C=O) groups excluding carboxylic acids is 1. The number of nitrogens with zero attached hydrogens (tertiary/aromatic N) is 2. The molecule has 3 aromatic heterocycles. The highest BCUT2D eigenvalue weighted by atomic mass is 32.1. The van der Waals surface area contributed by atoms with Crippen molar-refractivity contribution in [2.24, 2.45) is 5.10 Å². The molecule has 0 spiro atoms. The Morgan fingerprint density at radius 3 is 2.91 bits per heavy atom. The molecule has 0 unspecified atom stereocenters. The van der Waals surface area contributed by atoms with Gasteiger partial charge in [-0.3, -0.25) is 4.79 Å². The largest absolute Gasteiger partial charge is 0.459 e. The molecule has 1 atom stereocenters. The fourth-order valence-electron chi connectivity index (χ4n) is 2.52. The summed E-state index contributed by atoms with van der Waals surface area (Å²) in [5, 5.41) is 12.2. The molecule has 0 bridgehead atoms. The standard InChI is InChI=1S/C16H12N2O2S2/c19-16(14-3-1-6-20-14)18-13(15-4-2-7-22-15)9-12(17-18)11-5-8-21-10-11/h1-8,10,13H,9H2/t13-/m1/s1. The van der Waals surface area contributed by atoms with E-state index in [2.05, 4.69) is 10.5 Å². The van der Waals surface area contributed by atoms with Crippen LogP contribution in [0.2, 0.25) is 0 Å². The van der Waals surface area contributed by atoms with E-state index in [1.54, 1.807) is 39.8 Å². The molecule has 0 aromatic carbocycles. The number of amides is 1. The summed E-state index contributed by atoms with van der Waals surface area (Å²) in [5.74, 6) is 0.116. The van der Waals surface area contributed by atoms with E-state index in [0.29, 0.717) is 5.76 Å². The second-order valence-corrected chi connectivity index (χ2v) is 6.68. The molecule has 0 aliphatic carbocycles. The Morgan fingerprint density at radius 2 is 2.23 bits per heavy atom. The van der Waals surface area contributed by atoms with Gasteiger partial charge >= 0.3 is 5.91 Å². The number of hydrogen-bond donors (Lipinski definition) is 0. The van der Waals surface area contributed by atoms with Crippen molar-refractivity contribution >= 4 is 34.3 Å². The lowest BCUT2D eigenvalue weighted by atomic mass is 10.1. The minimum absolute atomic E-state index is 0.0625. The minimum atomic E-state index is -0.200. The fourth-order valence-corrected chi connectivity index (χ4v) is 3.99. The highest BCUT2D eigenvalue weighted by Gasteiger charge is 2.35. The van der Waals surface area contributed by atoms with Gasteiger partial charge in [-0.1, -0.05) is 6.07 Å². The van der Waals surface area contributed by atoms with Gasteiger partial charge in [0.05, 0.1) is 18.0 Å². The zero-order valence-corrected chi connectivity index (χ0v) is 13.1. The molecule has 22 heavy (non-hydrogen) atoms. The Hall–Kier alpha value is -2.18. The summed E-state index contributed by atoms with van der Waals surface area (Å²) >= 11 is 3.27. The summed E-state index contributed by atoms with van der Waals surface area (Å²) in [6, 6.07) is 9.41. The first kappa shape index (κ1) is 13.5. The van der Waals surface area contributed by atoms with Crippen LogP contribution in [0.15, 0.2) is 62.3 Å². The normalized spacial score (nSPS) is 17.7. The van der Waals surface area contributed by atoms with Crippen molar-refractivity contribution in [2.45, 2.75) is 12.5 Å². The maximum atomic E-state index is 12.7. The van der Waals surface area contributed by atoms with Crippen LogP contribution in [0.3, 0.4) is 0 Å². The van der Waals surface area contributed by atoms with Crippen LogP contribution in [0, 0.1) is 0 Å². The summed E-state index contributed by atoms with van der Waals surface area (Å²) in [7, 11) is 0. The Kier molecular flexibility index (Phi) is 3.40. The third-order valence-corrected chi connectivity index (χ3v) is 5.23. The van der Waals surface area contributed by atoms with E-state index in [9.17, 15) is 4.79 Å². The molecule has 4 heterocycles. The van der Waals surface area contributed by atoms with Gasteiger partial charge in [-0.15, -0.1) is 11.3 Å². The number of hydrogen-bond acceptors (Lipinski definition) is 5. The predicted octanol–water partition coefficient (Wildman–Crippen LogP) is 4.39. The smallest absolute Gasteiger partial charge is 0.310 e. The van der Waals surface area contributed by atoms with E-state index in [4.69, 9.17) is 4.42 Å². The molecule has 0 fully saturated rings. The average molecular weight is 328 g/mol. The van der Waals surface area contributed by atoms with E-state index >= 15 is 0 Å². The van der Waals surface area contributed by atoms with Crippen molar-refractivity contribution in [1.29, 1.82) is 0 Å². The monoisotopic (exact) mass is 328 g/mol. The number of hydrazone groups is 1. The SMILES string of the molecule is O=C(c1ccco1)N1N=C(c2ccsc2)C[C@@H]1c1cccs1. The molecule has 3 aromatic rings. The molecule has 1 aliphatic heterocycles. The van der Waals surface area contributed by atoms with Gasteiger partial charge in [-0.25, -0.2) is 5.01 Å². The van der Waals surface area contributed by atoms with Crippen molar-refractivity contribution in [3.05, 3.63) is 68.9 Å². The minimum Gasteiger partial charge on any atom is -0.459 e. The maximum absolute atomic E-state index is 12.7. The second kappa shape index (κ2) is 5.55. The van der Waals surface area contributed by atoms with Crippen LogP contribution in [-0.2, 0) is 0 Å².